The Morgan fingerprint density at radius 3 is 2.85 bits per heavy atom. The van der Waals surface area contributed by atoms with Gasteiger partial charge in [-0.25, -0.2) is 0 Å². The van der Waals surface area contributed by atoms with E-state index in [0.717, 1.165) is 0 Å². The van der Waals surface area contributed by atoms with Gasteiger partial charge >= 0.3 is 0 Å². The molecule has 1 atom stereocenters. The predicted octanol–water partition coefficient (Wildman–Crippen LogP) is 0.691. The normalized spacial score (nSPS) is 22.6. The molecule has 0 saturated carbocycles. The number of nitrogens with zero attached hydrogens (tertiary/aromatic N) is 1. The molecule has 1 aliphatic heterocycles. The minimum atomic E-state index is -1.16. The molecular formula is C14H20N2O4. The van der Waals surface area contributed by atoms with Crippen LogP contribution in [-0.2, 0) is 4.79 Å². The molecule has 6 heteroatoms. The number of likely N-dealkylation sites (tertiary alicyclic amines) is 1. The summed E-state index contributed by atoms with van der Waals surface area (Å²) in [6.07, 6.45) is 1.19. The summed E-state index contributed by atoms with van der Waals surface area (Å²) in [7, 11) is 1.53. The molecule has 1 fully saturated rings. The fourth-order valence-electron chi connectivity index (χ4n) is 2.52. The van der Waals surface area contributed by atoms with Crippen molar-refractivity contribution in [3.63, 3.8) is 0 Å². The molecule has 0 aromatic carbocycles. The van der Waals surface area contributed by atoms with Gasteiger partial charge in [-0.15, -0.1) is 0 Å². The summed E-state index contributed by atoms with van der Waals surface area (Å²) in [6.45, 7) is 2.49. The Bertz CT molecular complexity index is 511. The number of aryl methyl sites for hydroxylation is 1. The van der Waals surface area contributed by atoms with Crippen LogP contribution >= 0.6 is 0 Å². The smallest absolute Gasteiger partial charge is 0.289 e. The van der Waals surface area contributed by atoms with Crippen LogP contribution in [0.1, 0.15) is 35.6 Å². The van der Waals surface area contributed by atoms with Gasteiger partial charge in [-0.3, -0.25) is 9.59 Å². The van der Waals surface area contributed by atoms with Gasteiger partial charge in [-0.05, 0) is 31.9 Å². The summed E-state index contributed by atoms with van der Waals surface area (Å²) in [4.78, 5) is 25.3. The SMILES string of the molecule is CNC(=O)CC1(O)CCCN(C(=O)c2ccc(C)o2)C1. The number of hydrogen-bond donors (Lipinski definition) is 2. The third kappa shape index (κ3) is 3.19. The van der Waals surface area contributed by atoms with Crippen molar-refractivity contribution in [3.8, 4) is 0 Å². The van der Waals surface area contributed by atoms with E-state index in [1.165, 1.54) is 7.05 Å². The van der Waals surface area contributed by atoms with Gasteiger partial charge in [-0.1, -0.05) is 0 Å². The predicted molar refractivity (Wildman–Crippen MR) is 72.2 cm³/mol. The third-order valence-corrected chi connectivity index (χ3v) is 3.56. The maximum atomic E-state index is 12.3. The van der Waals surface area contributed by atoms with Gasteiger partial charge in [0, 0.05) is 13.6 Å². The van der Waals surface area contributed by atoms with Crippen molar-refractivity contribution in [2.45, 2.75) is 31.8 Å². The van der Waals surface area contributed by atoms with Crippen molar-refractivity contribution in [2.75, 3.05) is 20.1 Å². The Balaban J connectivity index is 2.06. The Morgan fingerprint density at radius 1 is 1.50 bits per heavy atom. The van der Waals surface area contributed by atoms with E-state index in [9.17, 15) is 14.7 Å². The number of furan rings is 1. The fraction of sp³-hybridized carbons (Fsp3) is 0.571. The first-order valence-electron chi connectivity index (χ1n) is 6.72. The zero-order valence-electron chi connectivity index (χ0n) is 11.8. The van der Waals surface area contributed by atoms with Gasteiger partial charge in [0.1, 0.15) is 5.76 Å². The number of aliphatic hydroxyl groups is 1. The lowest BCUT2D eigenvalue weighted by atomic mass is 9.89. The van der Waals surface area contributed by atoms with Gasteiger partial charge in [0.15, 0.2) is 5.76 Å². The van der Waals surface area contributed by atoms with Crippen LogP contribution in [0.2, 0.25) is 0 Å². The lowest BCUT2D eigenvalue weighted by molar-refractivity contribution is -0.127. The molecule has 20 heavy (non-hydrogen) atoms. The second-order valence-electron chi connectivity index (χ2n) is 5.31. The summed E-state index contributed by atoms with van der Waals surface area (Å²) >= 11 is 0. The number of nitrogens with one attached hydrogen (secondary N) is 1. The molecule has 110 valence electrons. The second kappa shape index (κ2) is 5.66. The fourth-order valence-corrected chi connectivity index (χ4v) is 2.52. The van der Waals surface area contributed by atoms with Crippen LogP contribution in [0.25, 0.3) is 0 Å². The van der Waals surface area contributed by atoms with E-state index >= 15 is 0 Å². The Labute approximate surface area is 117 Å². The van der Waals surface area contributed by atoms with Crippen LogP contribution in [0.4, 0.5) is 0 Å². The molecule has 2 N–H and O–H groups in total. The first-order chi connectivity index (χ1) is 9.43. The lowest BCUT2D eigenvalue weighted by Gasteiger charge is -2.38. The number of amides is 2. The van der Waals surface area contributed by atoms with Crippen molar-refractivity contribution in [1.82, 2.24) is 10.2 Å². The molecule has 1 aromatic rings. The highest BCUT2D eigenvalue weighted by Gasteiger charge is 2.37. The van der Waals surface area contributed by atoms with E-state index in [0.29, 0.717) is 25.1 Å². The average molecular weight is 280 g/mol. The number of β-amino-alcohol motifs (C(OH)–C–C–N with tert-alkyl or cyclic N) is 1. The van der Waals surface area contributed by atoms with Gasteiger partial charge in [0.25, 0.3) is 5.91 Å². The van der Waals surface area contributed by atoms with E-state index in [1.54, 1.807) is 24.0 Å². The van der Waals surface area contributed by atoms with Crippen LogP contribution in [0.15, 0.2) is 16.5 Å². The molecule has 1 aliphatic rings. The minimum Gasteiger partial charge on any atom is -0.456 e. The van der Waals surface area contributed by atoms with E-state index in [1.807, 2.05) is 0 Å². The second-order valence-corrected chi connectivity index (χ2v) is 5.31. The van der Waals surface area contributed by atoms with Crippen LogP contribution < -0.4 is 5.32 Å². The first-order valence-corrected chi connectivity index (χ1v) is 6.72. The summed E-state index contributed by atoms with van der Waals surface area (Å²) in [5.41, 5.74) is -1.16. The van der Waals surface area contributed by atoms with Gasteiger partial charge in [-0.2, -0.15) is 0 Å². The number of hydrogen-bond acceptors (Lipinski definition) is 4. The highest BCUT2D eigenvalue weighted by molar-refractivity contribution is 5.91. The lowest BCUT2D eigenvalue weighted by Crippen LogP contribution is -2.52. The van der Waals surface area contributed by atoms with Crippen molar-refractivity contribution < 1.29 is 19.1 Å². The molecule has 6 nitrogen and oxygen atoms in total. The summed E-state index contributed by atoms with van der Waals surface area (Å²) in [5.74, 6) is 0.474. The average Bonchev–Trinajstić information content (AvgIpc) is 2.84. The molecule has 2 rings (SSSR count). The van der Waals surface area contributed by atoms with E-state index in [4.69, 9.17) is 4.42 Å². The Morgan fingerprint density at radius 2 is 2.25 bits per heavy atom. The highest BCUT2D eigenvalue weighted by Crippen LogP contribution is 2.26. The molecule has 2 heterocycles. The molecule has 2 amide bonds. The number of carbonyl (C=O) groups is 2. The largest absolute Gasteiger partial charge is 0.456 e. The summed E-state index contributed by atoms with van der Waals surface area (Å²) < 4.78 is 5.32. The zero-order valence-corrected chi connectivity index (χ0v) is 11.8. The molecule has 0 bridgehead atoms. The Hall–Kier alpha value is -1.82. The number of piperidine rings is 1. The number of carbonyl (C=O) groups excluding carboxylic acids is 2. The third-order valence-electron chi connectivity index (χ3n) is 3.56. The molecule has 0 radical (unpaired) electrons. The van der Waals surface area contributed by atoms with Crippen molar-refractivity contribution in [1.29, 1.82) is 0 Å². The summed E-state index contributed by atoms with van der Waals surface area (Å²) in [6, 6.07) is 3.36. The molecule has 1 aromatic heterocycles. The van der Waals surface area contributed by atoms with Crippen molar-refractivity contribution in [3.05, 3.63) is 23.7 Å². The van der Waals surface area contributed by atoms with E-state index in [2.05, 4.69) is 5.32 Å². The minimum absolute atomic E-state index is 0.00443. The Kier molecular flexibility index (Phi) is 4.13. The maximum Gasteiger partial charge on any atom is 0.289 e. The van der Waals surface area contributed by atoms with E-state index < -0.39 is 5.60 Å². The first kappa shape index (κ1) is 14.6. The topological polar surface area (TPSA) is 82.8 Å². The van der Waals surface area contributed by atoms with E-state index in [-0.39, 0.29) is 30.5 Å². The van der Waals surface area contributed by atoms with Crippen LogP contribution in [-0.4, -0.2) is 47.6 Å². The standard InChI is InChI=1S/C14H20N2O4/c1-10-4-5-11(20-10)13(18)16-7-3-6-14(19,9-16)8-12(17)15-2/h4-5,19H,3,6-9H2,1-2H3,(H,15,17). The van der Waals surface area contributed by atoms with Gasteiger partial charge < -0.3 is 19.7 Å². The van der Waals surface area contributed by atoms with Gasteiger partial charge in [0.05, 0.1) is 18.6 Å². The van der Waals surface area contributed by atoms with Crippen molar-refractivity contribution in [2.24, 2.45) is 0 Å². The van der Waals surface area contributed by atoms with Crippen LogP contribution in [0.5, 0.6) is 0 Å². The molecule has 1 unspecified atom stereocenters. The molecule has 0 spiro atoms. The molecular weight excluding hydrogens is 260 g/mol. The van der Waals surface area contributed by atoms with Crippen LogP contribution in [0, 0.1) is 6.92 Å². The maximum absolute atomic E-state index is 12.3. The van der Waals surface area contributed by atoms with Crippen LogP contribution in [0.3, 0.4) is 0 Å². The zero-order chi connectivity index (χ0) is 14.8. The monoisotopic (exact) mass is 280 g/mol. The quantitative estimate of drug-likeness (QED) is 0.853. The molecule has 0 aliphatic carbocycles. The van der Waals surface area contributed by atoms with Gasteiger partial charge in [0.2, 0.25) is 5.91 Å². The highest BCUT2D eigenvalue weighted by atomic mass is 16.4. The summed E-state index contributed by atoms with van der Waals surface area (Å²) in [5, 5.41) is 13.0. The molecule has 1 saturated heterocycles. The van der Waals surface area contributed by atoms with Crippen molar-refractivity contribution >= 4 is 11.8 Å². The number of rotatable bonds is 3.